The fraction of sp³-hybridized carbons (Fsp3) is 0.857. The molecule has 0 fully saturated rings. The molecule has 0 aromatic heterocycles. The van der Waals surface area contributed by atoms with Crippen molar-refractivity contribution in [2.75, 3.05) is 33.4 Å². The van der Waals surface area contributed by atoms with Gasteiger partial charge in [-0.25, -0.2) is 0 Å². The number of carbonyl (C=O) groups excluding carboxylic acids is 1. The summed E-state index contributed by atoms with van der Waals surface area (Å²) < 4.78 is 4.73. The minimum absolute atomic E-state index is 0.0742. The van der Waals surface area contributed by atoms with Gasteiger partial charge in [-0.2, -0.15) is 5.48 Å². The van der Waals surface area contributed by atoms with Crippen LogP contribution in [0.4, 0.5) is 0 Å². The molecule has 0 saturated heterocycles. The van der Waals surface area contributed by atoms with Gasteiger partial charge in [0.15, 0.2) is 0 Å². The van der Waals surface area contributed by atoms with Gasteiger partial charge in [-0.15, -0.1) is 0 Å². The lowest BCUT2D eigenvalue weighted by molar-refractivity contribution is -0.123. The highest BCUT2D eigenvalue weighted by molar-refractivity contribution is 5.77. The molecule has 0 radical (unpaired) electrons. The Morgan fingerprint density at radius 3 is 2.75 bits per heavy atom. The van der Waals surface area contributed by atoms with Crippen LogP contribution >= 0.6 is 0 Å². The summed E-state index contributed by atoms with van der Waals surface area (Å²) in [6, 6.07) is 0. The third kappa shape index (κ3) is 7.46. The minimum atomic E-state index is -0.0742. The van der Waals surface area contributed by atoms with Crippen molar-refractivity contribution in [2.24, 2.45) is 0 Å². The Morgan fingerprint density at radius 1 is 1.42 bits per heavy atom. The molecule has 2 N–H and O–H groups in total. The number of carbonyl (C=O) groups is 1. The predicted octanol–water partition coefficient (Wildman–Crippen LogP) is -0.710. The topological polar surface area (TPSA) is 59.6 Å². The van der Waals surface area contributed by atoms with Crippen LogP contribution in [0.5, 0.6) is 0 Å². The number of methoxy groups -OCH3 is 1. The highest BCUT2D eigenvalue weighted by atomic mass is 16.7. The molecule has 0 aliphatic heterocycles. The molecule has 12 heavy (non-hydrogen) atoms. The molecule has 0 saturated carbocycles. The first-order valence-corrected chi connectivity index (χ1v) is 3.91. The van der Waals surface area contributed by atoms with Gasteiger partial charge in [-0.3, -0.25) is 9.63 Å². The lowest BCUT2D eigenvalue weighted by Gasteiger charge is -2.04. The zero-order chi connectivity index (χ0) is 9.23. The summed E-state index contributed by atoms with van der Waals surface area (Å²) in [5, 5.41) is 2.62. The highest BCUT2D eigenvalue weighted by Gasteiger charge is 1.96. The summed E-state index contributed by atoms with van der Waals surface area (Å²) in [6.45, 7) is 3.64. The maximum atomic E-state index is 10.8. The number of amides is 1. The van der Waals surface area contributed by atoms with Crippen molar-refractivity contribution < 1.29 is 14.4 Å². The molecule has 1 amide bonds. The smallest absolute Gasteiger partial charge is 0.236 e. The average molecular weight is 176 g/mol. The molecule has 0 rings (SSSR count). The molecule has 0 bridgehead atoms. The van der Waals surface area contributed by atoms with E-state index in [0.29, 0.717) is 19.8 Å². The standard InChI is InChI=1S/C7H16N2O3/c1-3-8-7(10)6-9-12-5-4-11-2/h9H,3-6H2,1-2H3,(H,8,10). The van der Waals surface area contributed by atoms with Crippen LogP contribution in [0, 0.1) is 0 Å². The van der Waals surface area contributed by atoms with E-state index in [0.717, 1.165) is 0 Å². The third-order valence-corrected chi connectivity index (χ3v) is 1.10. The summed E-state index contributed by atoms with van der Waals surface area (Å²) in [5.41, 5.74) is 2.51. The second-order valence-corrected chi connectivity index (χ2v) is 2.12. The predicted molar refractivity (Wildman–Crippen MR) is 44.5 cm³/mol. The van der Waals surface area contributed by atoms with Gasteiger partial charge < -0.3 is 10.1 Å². The Bertz CT molecular complexity index is 119. The lowest BCUT2D eigenvalue weighted by Crippen LogP contribution is -2.34. The van der Waals surface area contributed by atoms with Crippen LogP contribution in [0.25, 0.3) is 0 Å². The first-order chi connectivity index (χ1) is 5.81. The number of hydrogen-bond acceptors (Lipinski definition) is 4. The van der Waals surface area contributed by atoms with E-state index in [-0.39, 0.29) is 12.5 Å². The zero-order valence-corrected chi connectivity index (χ0v) is 7.55. The number of hydroxylamine groups is 1. The Balaban J connectivity index is 3.03. The van der Waals surface area contributed by atoms with E-state index in [9.17, 15) is 4.79 Å². The molecule has 0 spiro atoms. The van der Waals surface area contributed by atoms with Gasteiger partial charge in [0.2, 0.25) is 5.91 Å². The number of nitrogens with one attached hydrogen (secondary N) is 2. The van der Waals surface area contributed by atoms with E-state index in [1.807, 2.05) is 6.92 Å². The van der Waals surface area contributed by atoms with Crippen molar-refractivity contribution in [1.29, 1.82) is 0 Å². The van der Waals surface area contributed by atoms with Crippen LogP contribution in [-0.4, -0.2) is 39.3 Å². The Hall–Kier alpha value is -0.650. The molecule has 0 heterocycles. The van der Waals surface area contributed by atoms with Crippen LogP contribution in [0.15, 0.2) is 0 Å². The highest BCUT2D eigenvalue weighted by Crippen LogP contribution is 1.70. The van der Waals surface area contributed by atoms with Crippen LogP contribution in [0.1, 0.15) is 6.92 Å². The van der Waals surface area contributed by atoms with E-state index in [1.165, 1.54) is 0 Å². The maximum absolute atomic E-state index is 10.8. The summed E-state index contributed by atoms with van der Waals surface area (Å²) in [6.07, 6.45) is 0. The first kappa shape index (κ1) is 11.4. The number of ether oxygens (including phenoxy) is 1. The van der Waals surface area contributed by atoms with E-state index in [1.54, 1.807) is 7.11 Å². The van der Waals surface area contributed by atoms with Crippen molar-refractivity contribution in [3.8, 4) is 0 Å². The SMILES string of the molecule is CCNC(=O)CNOCCOC. The molecule has 72 valence electrons. The van der Waals surface area contributed by atoms with E-state index < -0.39 is 0 Å². The van der Waals surface area contributed by atoms with Gasteiger partial charge in [0.05, 0.1) is 19.8 Å². The normalized spacial score (nSPS) is 9.83. The van der Waals surface area contributed by atoms with Gasteiger partial charge in [0, 0.05) is 13.7 Å². The van der Waals surface area contributed by atoms with Crippen LogP contribution in [-0.2, 0) is 14.4 Å². The van der Waals surface area contributed by atoms with E-state index in [2.05, 4.69) is 10.8 Å². The van der Waals surface area contributed by atoms with Gasteiger partial charge in [-0.05, 0) is 6.92 Å². The number of hydrogen-bond donors (Lipinski definition) is 2. The second kappa shape index (κ2) is 8.45. The maximum Gasteiger partial charge on any atom is 0.236 e. The van der Waals surface area contributed by atoms with Gasteiger partial charge in [0.1, 0.15) is 0 Å². The molecule has 0 aromatic carbocycles. The first-order valence-electron chi connectivity index (χ1n) is 3.91. The Morgan fingerprint density at radius 2 is 2.17 bits per heavy atom. The van der Waals surface area contributed by atoms with Crippen molar-refractivity contribution in [1.82, 2.24) is 10.8 Å². The molecule has 5 nitrogen and oxygen atoms in total. The van der Waals surface area contributed by atoms with Gasteiger partial charge in [-0.1, -0.05) is 0 Å². The van der Waals surface area contributed by atoms with Gasteiger partial charge >= 0.3 is 0 Å². The molecular weight excluding hydrogens is 160 g/mol. The van der Waals surface area contributed by atoms with E-state index in [4.69, 9.17) is 9.57 Å². The second-order valence-electron chi connectivity index (χ2n) is 2.12. The Labute approximate surface area is 72.4 Å². The van der Waals surface area contributed by atoms with Crippen LogP contribution in [0.2, 0.25) is 0 Å². The summed E-state index contributed by atoms with van der Waals surface area (Å²) in [7, 11) is 1.59. The largest absolute Gasteiger partial charge is 0.382 e. The molecule has 0 unspecified atom stereocenters. The van der Waals surface area contributed by atoms with E-state index >= 15 is 0 Å². The fourth-order valence-corrected chi connectivity index (χ4v) is 0.573. The molecular formula is C7H16N2O3. The number of rotatable bonds is 7. The van der Waals surface area contributed by atoms with Gasteiger partial charge in [0.25, 0.3) is 0 Å². The third-order valence-electron chi connectivity index (χ3n) is 1.10. The molecule has 0 aliphatic carbocycles. The van der Waals surface area contributed by atoms with Crippen molar-refractivity contribution in [2.45, 2.75) is 6.92 Å². The summed E-state index contributed by atoms with van der Waals surface area (Å²) in [5.74, 6) is -0.0742. The van der Waals surface area contributed by atoms with Crippen molar-refractivity contribution in [3.63, 3.8) is 0 Å². The number of likely N-dealkylation sites (N-methyl/N-ethyl adjacent to an activating group) is 1. The average Bonchev–Trinajstić information content (AvgIpc) is 2.05. The Kier molecular flexibility index (Phi) is 7.99. The lowest BCUT2D eigenvalue weighted by atomic mass is 10.6. The van der Waals surface area contributed by atoms with Crippen LogP contribution < -0.4 is 10.8 Å². The van der Waals surface area contributed by atoms with Crippen LogP contribution in [0.3, 0.4) is 0 Å². The summed E-state index contributed by atoms with van der Waals surface area (Å²) in [4.78, 5) is 15.6. The summed E-state index contributed by atoms with van der Waals surface area (Å²) >= 11 is 0. The molecule has 0 atom stereocenters. The molecule has 0 aliphatic rings. The van der Waals surface area contributed by atoms with Crippen molar-refractivity contribution in [3.05, 3.63) is 0 Å². The monoisotopic (exact) mass is 176 g/mol. The zero-order valence-electron chi connectivity index (χ0n) is 7.55. The minimum Gasteiger partial charge on any atom is -0.382 e. The molecule has 0 aromatic rings. The molecule has 5 heteroatoms. The quantitative estimate of drug-likeness (QED) is 0.397. The van der Waals surface area contributed by atoms with Crippen molar-refractivity contribution >= 4 is 5.91 Å². The fourth-order valence-electron chi connectivity index (χ4n) is 0.573.